The van der Waals surface area contributed by atoms with Crippen LogP contribution in [0.4, 0.5) is 23.2 Å². The van der Waals surface area contributed by atoms with Crippen LogP contribution in [0.5, 0.6) is 0 Å². The molecule has 0 saturated carbocycles. The molecule has 4 rings (SSSR count). The average molecular weight is 522 g/mol. The fourth-order valence-corrected chi connectivity index (χ4v) is 5.10. The second-order valence-electron chi connectivity index (χ2n) is 9.56. The Morgan fingerprint density at radius 2 is 1.73 bits per heavy atom. The molecular formula is C31H27F4NS. The standard InChI is InChI=1S/C31H27F4NS/c1-3-4-5-6-20-8-12-25-24(14-20)17-26(32)29(30(25)35)23-11-10-22(19(2)13-23)9-7-21-15-27(33)31(36-18-37)28(34)16-21/h10-11,13,15-17,20H,3-6,8,12,14H2,1-2H3. The van der Waals surface area contributed by atoms with Crippen LogP contribution in [0.15, 0.2) is 41.4 Å². The van der Waals surface area contributed by atoms with Crippen molar-refractivity contribution < 1.29 is 17.6 Å². The third-order valence-electron chi connectivity index (χ3n) is 6.97. The molecule has 37 heavy (non-hydrogen) atoms. The van der Waals surface area contributed by atoms with E-state index in [9.17, 15) is 8.78 Å². The van der Waals surface area contributed by atoms with Crippen LogP contribution < -0.4 is 0 Å². The maximum absolute atomic E-state index is 15.5. The van der Waals surface area contributed by atoms with E-state index in [4.69, 9.17) is 0 Å². The van der Waals surface area contributed by atoms with E-state index in [1.165, 1.54) is 12.5 Å². The summed E-state index contributed by atoms with van der Waals surface area (Å²) in [5, 5.41) is 1.94. The second kappa shape index (κ2) is 11.9. The molecule has 6 heteroatoms. The predicted molar refractivity (Wildman–Crippen MR) is 143 cm³/mol. The average Bonchev–Trinajstić information content (AvgIpc) is 2.86. The van der Waals surface area contributed by atoms with Crippen LogP contribution in [-0.4, -0.2) is 5.16 Å². The smallest absolute Gasteiger partial charge is 0.153 e. The second-order valence-corrected chi connectivity index (χ2v) is 9.74. The zero-order chi connectivity index (χ0) is 26.5. The van der Waals surface area contributed by atoms with Crippen molar-refractivity contribution in [3.05, 3.63) is 87.5 Å². The van der Waals surface area contributed by atoms with E-state index in [0.717, 1.165) is 49.8 Å². The van der Waals surface area contributed by atoms with Gasteiger partial charge in [-0.25, -0.2) is 17.6 Å². The molecule has 1 unspecified atom stereocenters. The van der Waals surface area contributed by atoms with Gasteiger partial charge in [0.25, 0.3) is 0 Å². The number of fused-ring (bicyclic) bond motifs is 1. The Bertz CT molecular complexity index is 1420. The van der Waals surface area contributed by atoms with E-state index in [1.807, 2.05) is 5.16 Å². The molecule has 0 heterocycles. The molecule has 1 aliphatic rings. The Morgan fingerprint density at radius 3 is 2.41 bits per heavy atom. The summed E-state index contributed by atoms with van der Waals surface area (Å²) in [4.78, 5) is 3.38. The SMILES string of the molecule is CCCCCC1CCc2c(cc(F)c(-c3ccc(C#Cc4cc(F)c(N=C=S)c(F)c4)c(C)c3)c2F)C1. The third-order valence-corrected chi connectivity index (χ3v) is 7.06. The highest BCUT2D eigenvalue weighted by Gasteiger charge is 2.26. The van der Waals surface area contributed by atoms with Crippen LogP contribution in [0, 0.1) is 48.0 Å². The third kappa shape index (κ3) is 6.01. The van der Waals surface area contributed by atoms with Gasteiger partial charge in [0, 0.05) is 11.1 Å². The molecule has 0 radical (unpaired) electrons. The number of halogens is 4. The van der Waals surface area contributed by atoms with Gasteiger partial charge in [0.15, 0.2) is 11.6 Å². The number of thiocarbonyl (C=S) groups is 1. The van der Waals surface area contributed by atoms with Crippen molar-refractivity contribution in [3.8, 4) is 23.0 Å². The van der Waals surface area contributed by atoms with E-state index in [1.54, 1.807) is 25.1 Å². The molecule has 1 atom stereocenters. The fourth-order valence-electron chi connectivity index (χ4n) is 5.01. The first-order chi connectivity index (χ1) is 17.8. The molecule has 0 N–H and O–H groups in total. The van der Waals surface area contributed by atoms with Gasteiger partial charge in [-0.2, -0.15) is 4.99 Å². The molecule has 3 aromatic rings. The molecule has 0 aliphatic heterocycles. The lowest BCUT2D eigenvalue weighted by atomic mass is 9.80. The highest BCUT2D eigenvalue weighted by molar-refractivity contribution is 7.78. The monoisotopic (exact) mass is 521 g/mol. The quantitative estimate of drug-likeness (QED) is 0.104. The number of benzene rings is 3. The molecule has 1 nitrogen and oxygen atoms in total. The minimum Gasteiger partial charge on any atom is -0.206 e. The summed E-state index contributed by atoms with van der Waals surface area (Å²) in [5.74, 6) is 3.27. The zero-order valence-corrected chi connectivity index (χ0v) is 21.7. The molecule has 0 aromatic heterocycles. The number of aliphatic imine (C=N–C) groups is 1. The minimum absolute atomic E-state index is 0.0235. The summed E-state index contributed by atoms with van der Waals surface area (Å²) in [6, 6.07) is 8.61. The van der Waals surface area contributed by atoms with Crippen LogP contribution in [0.1, 0.15) is 66.8 Å². The molecule has 0 fully saturated rings. The van der Waals surface area contributed by atoms with Crippen molar-refractivity contribution >= 4 is 23.1 Å². The summed E-state index contributed by atoms with van der Waals surface area (Å²) in [7, 11) is 0. The Labute approximate surface area is 220 Å². The van der Waals surface area contributed by atoms with Crippen LogP contribution >= 0.6 is 12.2 Å². The van der Waals surface area contributed by atoms with Crippen molar-refractivity contribution in [1.82, 2.24) is 0 Å². The van der Waals surface area contributed by atoms with Gasteiger partial charge in [0.2, 0.25) is 0 Å². The predicted octanol–water partition coefficient (Wildman–Crippen LogP) is 9.04. The lowest BCUT2D eigenvalue weighted by molar-refractivity contribution is 0.399. The van der Waals surface area contributed by atoms with Gasteiger partial charge in [-0.1, -0.05) is 50.5 Å². The Morgan fingerprint density at radius 1 is 0.973 bits per heavy atom. The zero-order valence-electron chi connectivity index (χ0n) is 20.9. The van der Waals surface area contributed by atoms with Crippen molar-refractivity contribution in [1.29, 1.82) is 0 Å². The number of aryl methyl sites for hydroxylation is 1. The normalized spacial score (nSPS) is 14.4. The number of hydrogen-bond donors (Lipinski definition) is 0. The van der Waals surface area contributed by atoms with Crippen LogP contribution in [0.2, 0.25) is 0 Å². The van der Waals surface area contributed by atoms with E-state index in [0.29, 0.717) is 34.6 Å². The van der Waals surface area contributed by atoms with Crippen molar-refractivity contribution in [2.24, 2.45) is 10.9 Å². The number of hydrogen-bond acceptors (Lipinski definition) is 2. The Kier molecular flexibility index (Phi) is 8.59. The number of isothiocyanates is 1. The van der Waals surface area contributed by atoms with E-state index in [-0.39, 0.29) is 11.1 Å². The molecule has 0 spiro atoms. The lowest BCUT2D eigenvalue weighted by Crippen LogP contribution is -2.17. The van der Waals surface area contributed by atoms with Gasteiger partial charge < -0.3 is 0 Å². The lowest BCUT2D eigenvalue weighted by Gasteiger charge is -2.26. The topological polar surface area (TPSA) is 12.4 Å². The number of nitrogens with zero attached hydrogens (tertiary/aromatic N) is 1. The molecule has 190 valence electrons. The summed E-state index contributed by atoms with van der Waals surface area (Å²) in [6.45, 7) is 3.95. The molecule has 0 saturated heterocycles. The van der Waals surface area contributed by atoms with Gasteiger partial charge in [-0.3, -0.25) is 0 Å². The van der Waals surface area contributed by atoms with E-state index in [2.05, 4.69) is 36.0 Å². The molecule has 0 bridgehead atoms. The van der Waals surface area contributed by atoms with E-state index < -0.39 is 29.0 Å². The highest BCUT2D eigenvalue weighted by atomic mass is 32.1. The molecule has 1 aliphatic carbocycles. The van der Waals surface area contributed by atoms with Gasteiger partial charge in [-0.05, 0) is 96.9 Å². The number of unbranched alkanes of at least 4 members (excludes halogenated alkanes) is 2. The minimum atomic E-state index is -0.889. The summed E-state index contributed by atoms with van der Waals surface area (Å²) < 4.78 is 58.8. The largest absolute Gasteiger partial charge is 0.206 e. The Hall–Kier alpha value is -3.26. The molecule has 0 amide bonds. The fraction of sp³-hybridized carbons (Fsp3) is 0.323. The first-order valence-electron chi connectivity index (χ1n) is 12.5. The molecular weight excluding hydrogens is 494 g/mol. The number of rotatable bonds is 6. The van der Waals surface area contributed by atoms with Crippen LogP contribution in [0.3, 0.4) is 0 Å². The maximum Gasteiger partial charge on any atom is 0.153 e. The van der Waals surface area contributed by atoms with E-state index >= 15 is 8.78 Å². The van der Waals surface area contributed by atoms with Crippen molar-refractivity contribution in [3.63, 3.8) is 0 Å². The van der Waals surface area contributed by atoms with Gasteiger partial charge >= 0.3 is 0 Å². The maximum atomic E-state index is 15.5. The Balaban J connectivity index is 1.59. The molecule has 3 aromatic carbocycles. The summed E-state index contributed by atoms with van der Waals surface area (Å²) >= 11 is 4.40. The summed E-state index contributed by atoms with van der Waals surface area (Å²) in [5.41, 5.74) is 2.71. The summed E-state index contributed by atoms with van der Waals surface area (Å²) in [6.07, 6.45) is 6.88. The van der Waals surface area contributed by atoms with Gasteiger partial charge in [0.05, 0.1) is 10.7 Å². The highest BCUT2D eigenvalue weighted by Crippen LogP contribution is 2.37. The van der Waals surface area contributed by atoms with Crippen molar-refractivity contribution in [2.75, 3.05) is 0 Å². The van der Waals surface area contributed by atoms with Crippen molar-refractivity contribution in [2.45, 2.75) is 58.8 Å². The van der Waals surface area contributed by atoms with Crippen LogP contribution in [0.25, 0.3) is 11.1 Å². The first kappa shape index (κ1) is 26.8. The first-order valence-corrected chi connectivity index (χ1v) is 12.9. The van der Waals surface area contributed by atoms with Gasteiger partial charge in [-0.15, -0.1) is 0 Å². The van der Waals surface area contributed by atoms with Crippen LogP contribution in [-0.2, 0) is 12.8 Å². The van der Waals surface area contributed by atoms with Gasteiger partial charge in [0.1, 0.15) is 17.3 Å².